The van der Waals surface area contributed by atoms with Gasteiger partial charge in [-0.1, -0.05) is 6.07 Å². The van der Waals surface area contributed by atoms with Crippen LogP contribution in [0.5, 0.6) is 0 Å². The molecule has 0 atom stereocenters. The number of pyridine rings is 2. The van der Waals surface area contributed by atoms with Crippen molar-refractivity contribution in [2.45, 2.75) is 46.0 Å². The topological polar surface area (TPSA) is 76.8 Å². The second-order valence-electron chi connectivity index (χ2n) is 8.83. The zero-order valence-corrected chi connectivity index (χ0v) is 19.0. The second kappa shape index (κ2) is 8.12. The van der Waals surface area contributed by atoms with Crippen LogP contribution in [0.2, 0.25) is 0 Å². The standard InChI is InChI=1S/C25H27FN6O/c1-4-31-24(33)20-15-29-23(30-18-6-5-17-14-27-9-7-16(17)11-18)13-21(20)32(31)19-8-10-28-22(12-19)25(2,3)26/h5-6,8,10-13,15,27H,4,7,9,14H2,1-3H3,(H,29,30). The number of fused-ring (bicyclic) bond motifs is 2. The largest absolute Gasteiger partial charge is 0.340 e. The van der Waals surface area contributed by atoms with Gasteiger partial charge in [0, 0.05) is 37.2 Å². The predicted octanol–water partition coefficient (Wildman–Crippen LogP) is 4.20. The van der Waals surface area contributed by atoms with Crippen LogP contribution in [0.3, 0.4) is 0 Å². The van der Waals surface area contributed by atoms with Gasteiger partial charge < -0.3 is 10.6 Å². The van der Waals surface area contributed by atoms with Gasteiger partial charge in [-0.2, -0.15) is 0 Å². The molecule has 1 aromatic carbocycles. The van der Waals surface area contributed by atoms with Crippen LogP contribution in [0.25, 0.3) is 16.6 Å². The van der Waals surface area contributed by atoms with Crippen molar-refractivity contribution in [2.75, 3.05) is 11.9 Å². The van der Waals surface area contributed by atoms with E-state index in [9.17, 15) is 9.18 Å². The molecule has 1 aliphatic rings. The van der Waals surface area contributed by atoms with Gasteiger partial charge in [0.15, 0.2) is 0 Å². The molecule has 0 bridgehead atoms. The minimum absolute atomic E-state index is 0.134. The molecule has 170 valence electrons. The first-order valence-corrected chi connectivity index (χ1v) is 11.2. The van der Waals surface area contributed by atoms with Gasteiger partial charge in [0.05, 0.1) is 22.3 Å². The monoisotopic (exact) mass is 446 g/mol. The van der Waals surface area contributed by atoms with Crippen molar-refractivity contribution in [1.82, 2.24) is 24.6 Å². The van der Waals surface area contributed by atoms with Gasteiger partial charge in [0.25, 0.3) is 5.56 Å². The maximum absolute atomic E-state index is 14.6. The molecule has 0 fully saturated rings. The quantitative estimate of drug-likeness (QED) is 0.481. The molecule has 2 N–H and O–H groups in total. The number of nitrogens with zero attached hydrogens (tertiary/aromatic N) is 4. The fraction of sp³-hybridized carbons (Fsp3) is 0.320. The number of benzene rings is 1. The molecule has 0 aliphatic carbocycles. The molecule has 0 unspecified atom stereocenters. The Kier molecular flexibility index (Phi) is 5.25. The number of anilines is 2. The van der Waals surface area contributed by atoms with E-state index < -0.39 is 5.67 Å². The molecule has 3 aromatic heterocycles. The average Bonchev–Trinajstić information content (AvgIpc) is 3.09. The lowest BCUT2D eigenvalue weighted by molar-refractivity contribution is 0.214. The van der Waals surface area contributed by atoms with Gasteiger partial charge in [-0.05, 0) is 69.1 Å². The molecular weight excluding hydrogens is 419 g/mol. The van der Waals surface area contributed by atoms with E-state index in [4.69, 9.17) is 0 Å². The van der Waals surface area contributed by atoms with E-state index in [0.717, 1.165) is 25.2 Å². The van der Waals surface area contributed by atoms with E-state index in [-0.39, 0.29) is 5.56 Å². The highest BCUT2D eigenvalue weighted by Gasteiger charge is 2.22. The Balaban J connectivity index is 1.60. The van der Waals surface area contributed by atoms with E-state index in [0.29, 0.717) is 34.6 Å². The fourth-order valence-corrected chi connectivity index (χ4v) is 4.36. The third-order valence-corrected chi connectivity index (χ3v) is 6.08. The predicted molar refractivity (Wildman–Crippen MR) is 128 cm³/mol. The lowest BCUT2D eigenvalue weighted by Gasteiger charge is -2.18. The highest BCUT2D eigenvalue weighted by Crippen LogP contribution is 2.27. The first-order valence-electron chi connectivity index (χ1n) is 11.2. The Morgan fingerprint density at radius 2 is 2.00 bits per heavy atom. The Labute approximate surface area is 191 Å². The maximum atomic E-state index is 14.6. The molecular formula is C25H27FN6O. The summed E-state index contributed by atoms with van der Waals surface area (Å²) in [6, 6.07) is 11.7. The van der Waals surface area contributed by atoms with E-state index in [1.165, 1.54) is 25.0 Å². The zero-order chi connectivity index (χ0) is 23.2. The summed E-state index contributed by atoms with van der Waals surface area (Å²) in [7, 11) is 0. The number of halogens is 1. The molecule has 0 radical (unpaired) electrons. The van der Waals surface area contributed by atoms with Gasteiger partial charge in [-0.15, -0.1) is 0 Å². The van der Waals surface area contributed by atoms with Gasteiger partial charge >= 0.3 is 0 Å². The van der Waals surface area contributed by atoms with Crippen molar-refractivity contribution in [3.63, 3.8) is 0 Å². The molecule has 5 rings (SSSR count). The van der Waals surface area contributed by atoms with Crippen LogP contribution in [0.1, 0.15) is 37.6 Å². The normalized spacial score (nSPS) is 13.8. The van der Waals surface area contributed by atoms with E-state index >= 15 is 0 Å². The van der Waals surface area contributed by atoms with Gasteiger partial charge in [0.2, 0.25) is 0 Å². The molecule has 0 amide bonds. The Morgan fingerprint density at radius 1 is 1.15 bits per heavy atom. The SMILES string of the molecule is CCn1c(=O)c2cnc(Nc3ccc4c(c3)CCNC4)cc2n1-c1ccnc(C(C)(C)F)c1. The number of hydrogen-bond donors (Lipinski definition) is 2. The van der Waals surface area contributed by atoms with E-state index in [2.05, 4.69) is 32.7 Å². The summed E-state index contributed by atoms with van der Waals surface area (Å²) in [6.07, 6.45) is 4.17. The van der Waals surface area contributed by atoms with Gasteiger partial charge in [0.1, 0.15) is 11.5 Å². The van der Waals surface area contributed by atoms with Crippen LogP contribution >= 0.6 is 0 Å². The highest BCUT2D eigenvalue weighted by atomic mass is 19.1. The average molecular weight is 447 g/mol. The third-order valence-electron chi connectivity index (χ3n) is 6.08. The highest BCUT2D eigenvalue weighted by molar-refractivity contribution is 5.82. The Morgan fingerprint density at radius 3 is 2.79 bits per heavy atom. The molecule has 33 heavy (non-hydrogen) atoms. The lowest BCUT2D eigenvalue weighted by atomic mass is 10.0. The smallest absolute Gasteiger partial charge is 0.276 e. The van der Waals surface area contributed by atoms with Crippen LogP contribution in [-0.2, 0) is 25.2 Å². The third kappa shape index (κ3) is 3.91. The minimum Gasteiger partial charge on any atom is -0.340 e. The van der Waals surface area contributed by atoms with E-state index in [1.807, 2.05) is 23.7 Å². The fourth-order valence-electron chi connectivity index (χ4n) is 4.36. The molecule has 0 spiro atoms. The Bertz CT molecular complexity index is 1400. The number of hydrogen-bond acceptors (Lipinski definition) is 5. The summed E-state index contributed by atoms with van der Waals surface area (Å²) in [5, 5.41) is 7.27. The summed E-state index contributed by atoms with van der Waals surface area (Å²) in [6.45, 7) is 7.18. The van der Waals surface area contributed by atoms with Crippen molar-refractivity contribution >= 4 is 22.4 Å². The van der Waals surface area contributed by atoms with E-state index in [1.54, 1.807) is 29.2 Å². The summed E-state index contributed by atoms with van der Waals surface area (Å²) in [4.78, 5) is 21.7. The summed E-state index contributed by atoms with van der Waals surface area (Å²) < 4.78 is 18.0. The van der Waals surface area contributed by atoms with Crippen molar-refractivity contribution in [1.29, 1.82) is 0 Å². The van der Waals surface area contributed by atoms with Crippen LogP contribution in [0, 0.1) is 0 Å². The first-order chi connectivity index (χ1) is 15.8. The van der Waals surface area contributed by atoms with Crippen molar-refractivity contribution in [3.8, 4) is 5.69 Å². The molecule has 0 saturated carbocycles. The van der Waals surface area contributed by atoms with Crippen molar-refractivity contribution in [3.05, 3.63) is 76.0 Å². The van der Waals surface area contributed by atoms with Crippen LogP contribution < -0.4 is 16.2 Å². The van der Waals surface area contributed by atoms with Gasteiger partial charge in [-0.3, -0.25) is 9.78 Å². The summed E-state index contributed by atoms with van der Waals surface area (Å²) in [5.74, 6) is 0.637. The molecule has 8 heteroatoms. The number of aromatic nitrogens is 4. The molecule has 0 saturated heterocycles. The van der Waals surface area contributed by atoms with Crippen LogP contribution in [0.15, 0.2) is 53.6 Å². The number of rotatable bonds is 5. The zero-order valence-electron chi connectivity index (χ0n) is 19.0. The first kappa shape index (κ1) is 21.3. The Hall–Kier alpha value is -3.52. The maximum Gasteiger partial charge on any atom is 0.276 e. The molecule has 4 heterocycles. The van der Waals surface area contributed by atoms with Crippen molar-refractivity contribution < 1.29 is 4.39 Å². The summed E-state index contributed by atoms with van der Waals surface area (Å²) in [5.41, 5.74) is 3.57. The van der Waals surface area contributed by atoms with Crippen LogP contribution in [0.4, 0.5) is 15.9 Å². The lowest BCUT2D eigenvalue weighted by Crippen LogP contribution is -2.23. The minimum atomic E-state index is -1.59. The van der Waals surface area contributed by atoms with Crippen molar-refractivity contribution in [2.24, 2.45) is 0 Å². The molecule has 1 aliphatic heterocycles. The molecule has 4 aromatic rings. The summed E-state index contributed by atoms with van der Waals surface area (Å²) >= 11 is 0. The second-order valence-corrected chi connectivity index (χ2v) is 8.83. The number of alkyl halides is 1. The van der Waals surface area contributed by atoms with Gasteiger partial charge in [-0.25, -0.2) is 18.7 Å². The van der Waals surface area contributed by atoms with Crippen LogP contribution in [-0.4, -0.2) is 25.9 Å². The number of nitrogens with one attached hydrogen (secondary N) is 2. The molecule has 7 nitrogen and oxygen atoms in total.